The number of allylic oxidation sites excluding steroid dienone is 2. The van der Waals surface area contributed by atoms with Gasteiger partial charge < -0.3 is 15.2 Å². The van der Waals surface area contributed by atoms with Crippen LogP contribution >= 0.6 is 0 Å². The smallest absolute Gasteiger partial charge is 0.337 e. The summed E-state index contributed by atoms with van der Waals surface area (Å²) in [4.78, 5) is 23.1. The van der Waals surface area contributed by atoms with Gasteiger partial charge in [0.15, 0.2) is 0 Å². The number of hydrogen-bond donors (Lipinski definition) is 2. The second-order valence-corrected chi connectivity index (χ2v) is 4.73. The third kappa shape index (κ3) is 3.38. The lowest BCUT2D eigenvalue weighted by Gasteiger charge is -2.12. The van der Waals surface area contributed by atoms with Crippen LogP contribution in [0.2, 0.25) is 0 Å². The molecule has 0 saturated heterocycles. The molecule has 0 saturated carbocycles. The van der Waals surface area contributed by atoms with Crippen molar-refractivity contribution in [3.05, 3.63) is 35.9 Å². The highest BCUT2D eigenvalue weighted by atomic mass is 16.5. The SMILES string of the molecule is COc1ccc(C(=O)O)c(NC(=O)CC2C=CCC2)c1. The van der Waals surface area contributed by atoms with E-state index in [1.807, 2.05) is 6.08 Å². The van der Waals surface area contributed by atoms with Gasteiger partial charge in [0, 0.05) is 12.5 Å². The van der Waals surface area contributed by atoms with Crippen molar-refractivity contribution in [1.29, 1.82) is 0 Å². The number of carbonyl (C=O) groups is 2. The lowest BCUT2D eigenvalue weighted by atomic mass is 10.0. The molecule has 5 nitrogen and oxygen atoms in total. The van der Waals surface area contributed by atoms with Crippen molar-refractivity contribution in [3.63, 3.8) is 0 Å². The Balaban J connectivity index is 2.11. The first-order valence-corrected chi connectivity index (χ1v) is 6.48. The molecule has 0 spiro atoms. The van der Waals surface area contributed by atoms with E-state index in [2.05, 4.69) is 11.4 Å². The molecule has 0 heterocycles. The number of nitrogens with one attached hydrogen (secondary N) is 1. The Labute approximate surface area is 117 Å². The Hall–Kier alpha value is -2.30. The average molecular weight is 275 g/mol. The molecule has 1 atom stereocenters. The fraction of sp³-hybridized carbons (Fsp3) is 0.333. The van der Waals surface area contributed by atoms with Gasteiger partial charge in [-0.1, -0.05) is 12.2 Å². The minimum atomic E-state index is -1.08. The van der Waals surface area contributed by atoms with Crippen molar-refractivity contribution in [1.82, 2.24) is 0 Å². The van der Waals surface area contributed by atoms with Crippen LogP contribution in [0.5, 0.6) is 5.75 Å². The van der Waals surface area contributed by atoms with Crippen molar-refractivity contribution < 1.29 is 19.4 Å². The van der Waals surface area contributed by atoms with Crippen LogP contribution in [0.1, 0.15) is 29.6 Å². The minimum absolute atomic E-state index is 0.0566. The van der Waals surface area contributed by atoms with Crippen molar-refractivity contribution in [2.45, 2.75) is 19.3 Å². The van der Waals surface area contributed by atoms with Crippen LogP contribution in [0.25, 0.3) is 0 Å². The fourth-order valence-corrected chi connectivity index (χ4v) is 2.24. The minimum Gasteiger partial charge on any atom is -0.497 e. The molecule has 1 aromatic carbocycles. The molecule has 20 heavy (non-hydrogen) atoms. The fourth-order valence-electron chi connectivity index (χ4n) is 2.24. The van der Waals surface area contributed by atoms with Gasteiger partial charge in [0.1, 0.15) is 5.75 Å². The number of anilines is 1. The van der Waals surface area contributed by atoms with Gasteiger partial charge in [-0.05, 0) is 30.9 Å². The zero-order chi connectivity index (χ0) is 14.5. The number of carboxylic acids is 1. The predicted molar refractivity (Wildman–Crippen MR) is 75.1 cm³/mol. The summed E-state index contributed by atoms with van der Waals surface area (Å²) in [6, 6.07) is 4.50. The number of aromatic carboxylic acids is 1. The Morgan fingerprint density at radius 2 is 2.25 bits per heavy atom. The number of rotatable bonds is 5. The monoisotopic (exact) mass is 275 g/mol. The molecular formula is C15H17NO4. The molecule has 2 rings (SSSR count). The molecule has 0 radical (unpaired) electrons. The predicted octanol–water partition coefficient (Wildman–Crippen LogP) is 2.69. The molecule has 5 heteroatoms. The van der Waals surface area contributed by atoms with Crippen LogP contribution < -0.4 is 10.1 Å². The van der Waals surface area contributed by atoms with Gasteiger partial charge >= 0.3 is 5.97 Å². The molecule has 0 fully saturated rings. The van der Waals surface area contributed by atoms with Crippen LogP contribution in [-0.2, 0) is 4.79 Å². The van der Waals surface area contributed by atoms with Crippen LogP contribution in [0.4, 0.5) is 5.69 Å². The normalized spacial score (nSPS) is 16.9. The second-order valence-electron chi connectivity index (χ2n) is 4.73. The van der Waals surface area contributed by atoms with Crippen LogP contribution in [0, 0.1) is 5.92 Å². The van der Waals surface area contributed by atoms with Gasteiger partial charge in [-0.25, -0.2) is 4.79 Å². The van der Waals surface area contributed by atoms with Gasteiger partial charge in [0.25, 0.3) is 0 Å². The Bertz CT molecular complexity index is 551. The second kappa shape index (κ2) is 6.23. The quantitative estimate of drug-likeness (QED) is 0.810. The highest BCUT2D eigenvalue weighted by Gasteiger charge is 2.17. The highest BCUT2D eigenvalue weighted by molar-refractivity contribution is 6.00. The maximum atomic E-state index is 12.0. The van der Waals surface area contributed by atoms with Gasteiger partial charge in [0.2, 0.25) is 5.91 Å². The van der Waals surface area contributed by atoms with Gasteiger partial charge in [-0.3, -0.25) is 4.79 Å². The molecular weight excluding hydrogens is 258 g/mol. The molecule has 0 aromatic heterocycles. The maximum absolute atomic E-state index is 12.0. The van der Waals surface area contributed by atoms with Crippen LogP contribution in [0.15, 0.2) is 30.4 Å². The molecule has 106 valence electrons. The van der Waals surface area contributed by atoms with E-state index in [1.54, 1.807) is 6.07 Å². The Morgan fingerprint density at radius 3 is 2.85 bits per heavy atom. The number of methoxy groups -OCH3 is 1. The number of benzene rings is 1. The molecule has 1 aromatic rings. The lowest BCUT2D eigenvalue weighted by molar-refractivity contribution is -0.116. The van der Waals surface area contributed by atoms with Gasteiger partial charge in [-0.15, -0.1) is 0 Å². The van der Waals surface area contributed by atoms with E-state index in [9.17, 15) is 9.59 Å². The standard InChI is InChI=1S/C15H17NO4/c1-20-11-6-7-12(15(18)19)13(9-11)16-14(17)8-10-4-2-3-5-10/h2,4,6-7,9-10H,3,5,8H2,1H3,(H,16,17)(H,18,19). The number of carbonyl (C=O) groups excluding carboxylic acids is 1. The third-order valence-electron chi connectivity index (χ3n) is 3.29. The first-order chi connectivity index (χ1) is 9.60. The zero-order valence-corrected chi connectivity index (χ0v) is 11.3. The summed E-state index contributed by atoms with van der Waals surface area (Å²) in [5.74, 6) is -0.513. The van der Waals surface area contributed by atoms with Gasteiger partial charge in [0.05, 0.1) is 18.4 Å². The summed E-state index contributed by atoms with van der Waals surface area (Å²) in [6.07, 6.45) is 6.43. The van der Waals surface area contributed by atoms with Crippen molar-refractivity contribution in [2.24, 2.45) is 5.92 Å². The first kappa shape index (κ1) is 14.1. The van der Waals surface area contributed by atoms with Gasteiger partial charge in [-0.2, -0.15) is 0 Å². The summed E-state index contributed by atoms with van der Waals surface area (Å²) >= 11 is 0. The number of ether oxygens (including phenoxy) is 1. The molecule has 1 aliphatic carbocycles. The summed E-state index contributed by atoms with van der Waals surface area (Å²) in [6.45, 7) is 0. The summed E-state index contributed by atoms with van der Waals surface area (Å²) in [5.41, 5.74) is 0.324. The average Bonchev–Trinajstić information content (AvgIpc) is 2.90. The Kier molecular flexibility index (Phi) is 4.40. The Morgan fingerprint density at radius 1 is 1.45 bits per heavy atom. The molecule has 1 unspecified atom stereocenters. The van der Waals surface area contributed by atoms with Crippen molar-refractivity contribution in [2.75, 3.05) is 12.4 Å². The number of amides is 1. The molecule has 1 amide bonds. The molecule has 1 aliphatic rings. The van der Waals surface area contributed by atoms with E-state index in [0.717, 1.165) is 12.8 Å². The van der Waals surface area contributed by atoms with Crippen LogP contribution in [-0.4, -0.2) is 24.1 Å². The highest BCUT2D eigenvalue weighted by Crippen LogP contribution is 2.25. The first-order valence-electron chi connectivity index (χ1n) is 6.48. The summed E-state index contributed by atoms with van der Waals surface area (Å²) < 4.78 is 5.05. The molecule has 2 N–H and O–H groups in total. The lowest BCUT2D eigenvalue weighted by Crippen LogP contribution is -2.17. The maximum Gasteiger partial charge on any atom is 0.337 e. The van der Waals surface area contributed by atoms with Crippen LogP contribution in [0.3, 0.4) is 0 Å². The summed E-state index contributed by atoms with van der Waals surface area (Å²) in [7, 11) is 1.49. The van der Waals surface area contributed by atoms with E-state index in [0.29, 0.717) is 12.2 Å². The van der Waals surface area contributed by atoms with E-state index >= 15 is 0 Å². The van der Waals surface area contributed by atoms with E-state index in [4.69, 9.17) is 9.84 Å². The number of hydrogen-bond acceptors (Lipinski definition) is 3. The summed E-state index contributed by atoms with van der Waals surface area (Å²) in [5, 5.41) is 11.8. The molecule has 0 bridgehead atoms. The van der Waals surface area contributed by atoms with Crippen molar-refractivity contribution in [3.8, 4) is 5.75 Å². The largest absolute Gasteiger partial charge is 0.497 e. The van der Waals surface area contributed by atoms with E-state index in [1.165, 1.54) is 19.2 Å². The van der Waals surface area contributed by atoms with E-state index < -0.39 is 5.97 Å². The van der Waals surface area contributed by atoms with E-state index in [-0.39, 0.29) is 23.1 Å². The topological polar surface area (TPSA) is 75.6 Å². The zero-order valence-electron chi connectivity index (χ0n) is 11.3. The number of carboxylic acid groups (broad SMARTS) is 1. The van der Waals surface area contributed by atoms with Crippen molar-refractivity contribution >= 4 is 17.6 Å². The third-order valence-corrected chi connectivity index (χ3v) is 3.29. The molecule has 0 aliphatic heterocycles.